The topological polar surface area (TPSA) is 89.2 Å². The van der Waals surface area contributed by atoms with Crippen molar-refractivity contribution in [3.8, 4) is 0 Å². The highest BCUT2D eigenvalue weighted by molar-refractivity contribution is 6.43. The Kier molecular flexibility index (Phi) is 7.44. The van der Waals surface area contributed by atoms with Gasteiger partial charge >= 0.3 is 0 Å². The zero-order chi connectivity index (χ0) is 17.2. The predicted molar refractivity (Wildman–Crippen MR) is 102 cm³/mol. The van der Waals surface area contributed by atoms with E-state index in [1.807, 2.05) is 13.8 Å². The fraction of sp³-hybridized carbons (Fsp3) is 0.429. The molecule has 2 rings (SSSR count). The maximum absolute atomic E-state index is 6.15. The van der Waals surface area contributed by atoms with Crippen molar-refractivity contribution in [3.05, 3.63) is 32.8 Å². The molecule has 1 aliphatic heterocycles. The number of guanidine groups is 2. The minimum atomic E-state index is -0.711. The highest BCUT2D eigenvalue weighted by Gasteiger charge is 2.32. The second-order valence-corrected chi connectivity index (χ2v) is 6.74. The molecule has 0 atom stereocenters. The SMILES string of the molecule is CC1(C)N=C(N)N=C(N)N1OCCCc1cc(Cl)c(Cl)cc1Cl.Cl. The van der Waals surface area contributed by atoms with Gasteiger partial charge in [-0.15, -0.1) is 12.4 Å². The second kappa shape index (κ2) is 8.45. The van der Waals surface area contributed by atoms with E-state index in [1.165, 1.54) is 5.06 Å². The maximum Gasteiger partial charge on any atom is 0.226 e. The van der Waals surface area contributed by atoms with Gasteiger partial charge < -0.3 is 11.5 Å². The van der Waals surface area contributed by atoms with Crippen molar-refractivity contribution in [2.75, 3.05) is 6.61 Å². The number of hydrogen-bond acceptors (Lipinski definition) is 6. The zero-order valence-electron chi connectivity index (χ0n) is 13.2. The van der Waals surface area contributed by atoms with E-state index >= 15 is 0 Å². The average Bonchev–Trinajstić information content (AvgIpc) is 2.41. The Bertz CT molecular complexity index is 663. The summed E-state index contributed by atoms with van der Waals surface area (Å²) in [6.45, 7) is 4.07. The molecule has 0 saturated heterocycles. The largest absolute Gasteiger partial charge is 0.368 e. The van der Waals surface area contributed by atoms with Gasteiger partial charge in [0.2, 0.25) is 11.9 Å². The first-order valence-electron chi connectivity index (χ1n) is 6.97. The molecule has 10 heteroatoms. The molecule has 0 unspecified atom stereocenters. The van der Waals surface area contributed by atoms with Crippen LogP contribution in [0.4, 0.5) is 0 Å². The molecule has 24 heavy (non-hydrogen) atoms. The first-order valence-corrected chi connectivity index (χ1v) is 8.10. The van der Waals surface area contributed by atoms with Crippen molar-refractivity contribution < 1.29 is 4.84 Å². The lowest BCUT2D eigenvalue weighted by molar-refractivity contribution is -0.157. The number of nitrogens with two attached hydrogens (primary N) is 2. The molecule has 0 saturated carbocycles. The van der Waals surface area contributed by atoms with Crippen LogP contribution in [0.2, 0.25) is 15.1 Å². The molecule has 134 valence electrons. The lowest BCUT2D eigenvalue weighted by Gasteiger charge is -2.36. The minimum Gasteiger partial charge on any atom is -0.368 e. The van der Waals surface area contributed by atoms with Crippen molar-refractivity contribution in [2.24, 2.45) is 21.5 Å². The molecule has 6 nitrogen and oxygen atoms in total. The van der Waals surface area contributed by atoms with Crippen LogP contribution in [0.15, 0.2) is 22.1 Å². The Morgan fingerprint density at radius 1 is 1.12 bits per heavy atom. The molecule has 0 radical (unpaired) electrons. The number of hydroxylamine groups is 2. The lowest BCUT2D eigenvalue weighted by atomic mass is 10.1. The molecule has 1 aromatic rings. The summed E-state index contributed by atoms with van der Waals surface area (Å²) >= 11 is 18.1. The normalized spacial score (nSPS) is 16.3. The van der Waals surface area contributed by atoms with Gasteiger partial charge in [-0.2, -0.15) is 10.1 Å². The third-order valence-electron chi connectivity index (χ3n) is 3.22. The number of nitrogens with zero attached hydrogens (tertiary/aromatic N) is 3. The minimum absolute atomic E-state index is 0. The summed E-state index contributed by atoms with van der Waals surface area (Å²) in [5, 5.41) is 2.94. The molecule has 0 fully saturated rings. The van der Waals surface area contributed by atoms with E-state index in [2.05, 4.69) is 9.98 Å². The summed E-state index contributed by atoms with van der Waals surface area (Å²) in [5.41, 5.74) is 11.6. The van der Waals surface area contributed by atoms with Gasteiger partial charge in [0.15, 0.2) is 5.66 Å². The first kappa shape index (κ1) is 21.1. The van der Waals surface area contributed by atoms with Crippen LogP contribution in [-0.4, -0.2) is 29.3 Å². The molecule has 0 spiro atoms. The number of halogens is 4. The summed E-state index contributed by atoms with van der Waals surface area (Å²) in [6.07, 6.45) is 1.39. The molecule has 1 aliphatic rings. The van der Waals surface area contributed by atoms with Gasteiger partial charge in [-0.05, 0) is 44.4 Å². The van der Waals surface area contributed by atoms with E-state index in [-0.39, 0.29) is 24.3 Å². The number of aryl methyl sites for hydroxylation is 1. The van der Waals surface area contributed by atoms with Crippen molar-refractivity contribution in [2.45, 2.75) is 32.4 Å². The summed E-state index contributed by atoms with van der Waals surface area (Å²) in [4.78, 5) is 13.8. The zero-order valence-corrected chi connectivity index (χ0v) is 16.3. The second-order valence-electron chi connectivity index (χ2n) is 5.52. The van der Waals surface area contributed by atoms with Gasteiger partial charge in [-0.3, -0.25) is 4.84 Å². The van der Waals surface area contributed by atoms with Crippen LogP contribution in [-0.2, 0) is 11.3 Å². The van der Waals surface area contributed by atoms with E-state index in [4.69, 9.17) is 51.1 Å². The molecule has 4 N–H and O–H groups in total. The predicted octanol–water partition coefficient (Wildman–Crippen LogP) is 3.61. The fourth-order valence-electron chi connectivity index (χ4n) is 2.19. The van der Waals surface area contributed by atoms with Crippen LogP contribution in [0.1, 0.15) is 25.8 Å². The molecule has 0 aromatic heterocycles. The van der Waals surface area contributed by atoms with Crippen LogP contribution >= 0.6 is 47.2 Å². The van der Waals surface area contributed by atoms with Gasteiger partial charge in [0.1, 0.15) is 0 Å². The molecular formula is C14H19Cl4N5O. The third kappa shape index (κ3) is 5.04. The van der Waals surface area contributed by atoms with E-state index in [0.29, 0.717) is 34.5 Å². The van der Waals surface area contributed by atoms with E-state index in [9.17, 15) is 0 Å². The molecule has 1 heterocycles. The molecule has 1 aromatic carbocycles. The molecule has 0 aliphatic carbocycles. The molecule has 0 amide bonds. The summed E-state index contributed by atoms with van der Waals surface area (Å²) in [6, 6.07) is 3.40. The summed E-state index contributed by atoms with van der Waals surface area (Å²) in [5.74, 6) is 0.310. The van der Waals surface area contributed by atoms with Crippen LogP contribution < -0.4 is 11.5 Å². The Morgan fingerprint density at radius 2 is 1.75 bits per heavy atom. The Balaban J connectivity index is 0.00000288. The lowest BCUT2D eigenvalue weighted by Crippen LogP contribution is -2.53. The fourth-order valence-corrected chi connectivity index (χ4v) is 2.86. The average molecular weight is 415 g/mol. The third-order valence-corrected chi connectivity index (χ3v) is 4.30. The van der Waals surface area contributed by atoms with Crippen LogP contribution in [0.5, 0.6) is 0 Å². The monoisotopic (exact) mass is 413 g/mol. The highest BCUT2D eigenvalue weighted by Crippen LogP contribution is 2.29. The Hall–Kier alpha value is -0.920. The maximum atomic E-state index is 6.15. The summed E-state index contributed by atoms with van der Waals surface area (Å²) < 4.78 is 0. The smallest absolute Gasteiger partial charge is 0.226 e. The quantitative estimate of drug-likeness (QED) is 0.568. The van der Waals surface area contributed by atoms with Crippen LogP contribution in [0, 0.1) is 0 Å². The van der Waals surface area contributed by atoms with E-state index in [0.717, 1.165) is 5.56 Å². The Labute approximate surface area is 162 Å². The highest BCUT2D eigenvalue weighted by atomic mass is 35.5. The van der Waals surface area contributed by atoms with Crippen LogP contribution in [0.25, 0.3) is 0 Å². The Morgan fingerprint density at radius 3 is 2.38 bits per heavy atom. The van der Waals surface area contributed by atoms with Crippen LogP contribution in [0.3, 0.4) is 0 Å². The van der Waals surface area contributed by atoms with Crippen molar-refractivity contribution >= 4 is 59.1 Å². The number of rotatable bonds is 5. The summed E-state index contributed by atoms with van der Waals surface area (Å²) in [7, 11) is 0. The number of aliphatic imine (C=N–C) groups is 2. The van der Waals surface area contributed by atoms with Gasteiger partial charge in [-0.1, -0.05) is 34.8 Å². The van der Waals surface area contributed by atoms with Gasteiger partial charge in [-0.25, -0.2) is 4.99 Å². The molecule has 0 bridgehead atoms. The van der Waals surface area contributed by atoms with E-state index in [1.54, 1.807) is 12.1 Å². The van der Waals surface area contributed by atoms with Crippen molar-refractivity contribution in [3.63, 3.8) is 0 Å². The first-order chi connectivity index (χ1) is 10.7. The number of hydrogen-bond donors (Lipinski definition) is 2. The number of benzene rings is 1. The van der Waals surface area contributed by atoms with Gasteiger partial charge in [0, 0.05) is 5.02 Å². The van der Waals surface area contributed by atoms with Crippen molar-refractivity contribution in [1.82, 2.24) is 5.06 Å². The van der Waals surface area contributed by atoms with Crippen molar-refractivity contribution in [1.29, 1.82) is 0 Å². The molecular weight excluding hydrogens is 396 g/mol. The van der Waals surface area contributed by atoms with Gasteiger partial charge in [0.25, 0.3) is 0 Å². The van der Waals surface area contributed by atoms with E-state index < -0.39 is 5.66 Å². The van der Waals surface area contributed by atoms with Gasteiger partial charge in [0.05, 0.1) is 16.7 Å². The standard InChI is InChI=1S/C14H18Cl3N5O.ClH/c1-14(2)21-12(18)20-13(19)22(14)23-5-3-4-8-6-10(16)11(17)7-9(8)15;/h6-7H,3-5H2,1-2H3,(H4,18,19,20,21);1H.